The van der Waals surface area contributed by atoms with Crippen LogP contribution in [0.25, 0.3) is 0 Å². The molecule has 0 amide bonds. The van der Waals surface area contributed by atoms with E-state index in [1.165, 1.54) is 0 Å². The van der Waals surface area contributed by atoms with Gasteiger partial charge >= 0.3 is 0 Å². The fourth-order valence-corrected chi connectivity index (χ4v) is 1.30. The van der Waals surface area contributed by atoms with Gasteiger partial charge in [0.25, 0.3) is 0 Å². The number of rotatable bonds is 5. The Labute approximate surface area is 102 Å². The lowest BCUT2D eigenvalue weighted by Crippen LogP contribution is -2.43. The Bertz CT molecular complexity index is 355. The van der Waals surface area contributed by atoms with Crippen molar-refractivity contribution in [3.05, 3.63) is 18.0 Å². The summed E-state index contributed by atoms with van der Waals surface area (Å²) in [6.07, 6.45) is 3.84. The smallest absolute Gasteiger partial charge is 0.205 e. The molecule has 4 N–H and O–H groups in total. The van der Waals surface area contributed by atoms with Crippen molar-refractivity contribution < 1.29 is 0 Å². The van der Waals surface area contributed by atoms with Gasteiger partial charge in [0.15, 0.2) is 0 Å². The second-order valence-corrected chi connectivity index (χ2v) is 4.44. The number of aryl methyl sites for hydroxylation is 1. The van der Waals surface area contributed by atoms with Crippen LogP contribution in [0, 0.1) is 12.8 Å². The van der Waals surface area contributed by atoms with Gasteiger partial charge in [-0.05, 0) is 18.4 Å². The van der Waals surface area contributed by atoms with Gasteiger partial charge in [-0.1, -0.05) is 13.8 Å². The van der Waals surface area contributed by atoms with Crippen LogP contribution in [0.3, 0.4) is 0 Å². The molecule has 6 heteroatoms. The summed E-state index contributed by atoms with van der Waals surface area (Å²) in [6, 6.07) is 0. The second-order valence-electron chi connectivity index (χ2n) is 4.44. The van der Waals surface area contributed by atoms with Crippen LogP contribution in [0.15, 0.2) is 17.4 Å². The predicted octanol–water partition coefficient (Wildman–Crippen LogP) is 0.256. The van der Waals surface area contributed by atoms with Crippen molar-refractivity contribution in [2.75, 3.05) is 13.1 Å². The van der Waals surface area contributed by atoms with E-state index in [2.05, 4.69) is 34.7 Å². The van der Waals surface area contributed by atoms with Gasteiger partial charge in [0.05, 0.1) is 12.7 Å². The van der Waals surface area contributed by atoms with Crippen LogP contribution in [0.4, 0.5) is 0 Å². The van der Waals surface area contributed by atoms with Gasteiger partial charge in [-0.3, -0.25) is 15.1 Å². The van der Waals surface area contributed by atoms with Crippen molar-refractivity contribution in [2.45, 2.75) is 27.3 Å². The zero-order valence-electron chi connectivity index (χ0n) is 10.8. The summed E-state index contributed by atoms with van der Waals surface area (Å²) in [6.45, 7) is 8.54. The van der Waals surface area contributed by atoms with Crippen LogP contribution in [0.5, 0.6) is 0 Å². The summed E-state index contributed by atoms with van der Waals surface area (Å²) in [5.74, 6) is 6.53. The molecular weight excluding hydrogens is 216 g/mol. The molecule has 1 rings (SSSR count). The van der Waals surface area contributed by atoms with Crippen LogP contribution in [-0.4, -0.2) is 28.8 Å². The third-order valence-corrected chi connectivity index (χ3v) is 2.15. The second kappa shape index (κ2) is 6.90. The van der Waals surface area contributed by atoms with E-state index in [0.717, 1.165) is 25.2 Å². The summed E-state index contributed by atoms with van der Waals surface area (Å²) in [5.41, 5.74) is 3.72. The number of nitrogens with two attached hydrogens (primary N) is 1. The Hall–Kier alpha value is -1.56. The van der Waals surface area contributed by atoms with E-state index in [0.29, 0.717) is 11.9 Å². The standard InChI is InChI=1S/C11H22N6/c1-9(2)6-14-11(16-12)13-4-5-17-8-10(3)7-15-17/h7-9H,4-6,12H2,1-3H3,(H2,13,14,16). The molecule has 0 aliphatic rings. The van der Waals surface area contributed by atoms with E-state index in [1.807, 2.05) is 24.0 Å². The molecule has 17 heavy (non-hydrogen) atoms. The highest BCUT2D eigenvalue weighted by molar-refractivity contribution is 5.79. The monoisotopic (exact) mass is 238 g/mol. The quantitative estimate of drug-likeness (QED) is 0.297. The lowest BCUT2D eigenvalue weighted by Gasteiger charge is -2.09. The SMILES string of the molecule is Cc1cnn(CCNC(=NCC(C)C)NN)c1. The molecule has 6 nitrogen and oxygen atoms in total. The first kappa shape index (κ1) is 13.5. The molecule has 0 aromatic carbocycles. The minimum absolute atomic E-state index is 0.522. The lowest BCUT2D eigenvalue weighted by molar-refractivity contribution is 0.594. The highest BCUT2D eigenvalue weighted by atomic mass is 15.3. The third kappa shape index (κ3) is 5.35. The number of hydrogen-bond donors (Lipinski definition) is 3. The summed E-state index contributed by atoms with van der Waals surface area (Å²) < 4.78 is 1.89. The number of hydrazine groups is 1. The number of guanidine groups is 1. The number of hydrogen-bond acceptors (Lipinski definition) is 3. The topological polar surface area (TPSA) is 80.3 Å². The number of aliphatic imine (C=N–C) groups is 1. The molecular formula is C11H22N6. The Kier molecular flexibility index (Phi) is 5.48. The molecule has 0 aliphatic heterocycles. The van der Waals surface area contributed by atoms with Crippen molar-refractivity contribution in [3.63, 3.8) is 0 Å². The molecule has 0 saturated carbocycles. The van der Waals surface area contributed by atoms with Crippen molar-refractivity contribution in [1.82, 2.24) is 20.5 Å². The zero-order valence-corrected chi connectivity index (χ0v) is 10.8. The van der Waals surface area contributed by atoms with E-state index in [4.69, 9.17) is 5.84 Å². The highest BCUT2D eigenvalue weighted by Gasteiger charge is 1.98. The first-order valence-electron chi connectivity index (χ1n) is 5.85. The number of nitrogens with one attached hydrogen (secondary N) is 2. The van der Waals surface area contributed by atoms with E-state index >= 15 is 0 Å². The molecule has 1 heterocycles. The molecule has 1 aromatic rings. The summed E-state index contributed by atoms with van der Waals surface area (Å²) in [7, 11) is 0. The van der Waals surface area contributed by atoms with E-state index in [-0.39, 0.29) is 0 Å². The minimum atomic E-state index is 0.522. The van der Waals surface area contributed by atoms with Gasteiger partial charge in [-0.2, -0.15) is 5.10 Å². The molecule has 96 valence electrons. The van der Waals surface area contributed by atoms with Crippen LogP contribution in [0.2, 0.25) is 0 Å². The van der Waals surface area contributed by atoms with Crippen molar-refractivity contribution in [1.29, 1.82) is 0 Å². The van der Waals surface area contributed by atoms with Crippen LogP contribution in [-0.2, 0) is 6.54 Å². The minimum Gasteiger partial charge on any atom is -0.353 e. The van der Waals surface area contributed by atoms with Crippen LogP contribution >= 0.6 is 0 Å². The van der Waals surface area contributed by atoms with Crippen molar-refractivity contribution in [2.24, 2.45) is 16.8 Å². The molecule has 0 fully saturated rings. The van der Waals surface area contributed by atoms with E-state index in [9.17, 15) is 0 Å². The Morgan fingerprint density at radius 2 is 2.35 bits per heavy atom. The zero-order chi connectivity index (χ0) is 12.7. The van der Waals surface area contributed by atoms with Crippen LogP contribution in [0.1, 0.15) is 19.4 Å². The summed E-state index contributed by atoms with van der Waals surface area (Å²) >= 11 is 0. The first-order valence-corrected chi connectivity index (χ1v) is 5.85. The van der Waals surface area contributed by atoms with Crippen molar-refractivity contribution >= 4 is 5.96 Å². The first-order chi connectivity index (χ1) is 8.11. The lowest BCUT2D eigenvalue weighted by atomic mass is 10.2. The molecule has 0 spiro atoms. The molecule has 0 radical (unpaired) electrons. The molecule has 0 atom stereocenters. The summed E-state index contributed by atoms with van der Waals surface area (Å²) in [4.78, 5) is 4.32. The molecule has 0 unspecified atom stereocenters. The van der Waals surface area contributed by atoms with E-state index in [1.54, 1.807) is 0 Å². The normalized spacial score (nSPS) is 11.9. The molecule has 0 saturated heterocycles. The average molecular weight is 238 g/mol. The summed E-state index contributed by atoms with van der Waals surface area (Å²) in [5, 5.41) is 7.33. The van der Waals surface area contributed by atoms with E-state index < -0.39 is 0 Å². The molecule has 0 aliphatic carbocycles. The maximum atomic E-state index is 5.38. The Morgan fingerprint density at radius 3 is 2.88 bits per heavy atom. The fourth-order valence-electron chi connectivity index (χ4n) is 1.30. The number of aromatic nitrogens is 2. The number of nitrogens with zero attached hydrogens (tertiary/aromatic N) is 3. The largest absolute Gasteiger partial charge is 0.353 e. The Balaban J connectivity index is 2.30. The third-order valence-electron chi connectivity index (χ3n) is 2.15. The van der Waals surface area contributed by atoms with Gasteiger partial charge in [-0.15, -0.1) is 0 Å². The molecule has 1 aromatic heterocycles. The van der Waals surface area contributed by atoms with Gasteiger partial charge < -0.3 is 5.32 Å². The maximum Gasteiger partial charge on any atom is 0.205 e. The van der Waals surface area contributed by atoms with Crippen LogP contribution < -0.4 is 16.6 Å². The van der Waals surface area contributed by atoms with Gasteiger partial charge in [0, 0.05) is 19.3 Å². The van der Waals surface area contributed by atoms with Crippen molar-refractivity contribution in [3.8, 4) is 0 Å². The maximum absolute atomic E-state index is 5.38. The van der Waals surface area contributed by atoms with Gasteiger partial charge in [0.1, 0.15) is 0 Å². The average Bonchev–Trinajstić information content (AvgIpc) is 2.69. The van der Waals surface area contributed by atoms with Gasteiger partial charge in [0.2, 0.25) is 5.96 Å². The fraction of sp³-hybridized carbons (Fsp3) is 0.636. The molecule has 0 bridgehead atoms. The highest BCUT2D eigenvalue weighted by Crippen LogP contribution is 1.93. The predicted molar refractivity (Wildman–Crippen MR) is 69.4 cm³/mol. The van der Waals surface area contributed by atoms with Gasteiger partial charge in [-0.25, -0.2) is 5.84 Å². The Morgan fingerprint density at radius 1 is 1.59 bits per heavy atom.